The molecular formula is C13H17Br3N2O. The maximum atomic E-state index is 12.0. The minimum absolute atomic E-state index is 0.0331. The van der Waals surface area contributed by atoms with E-state index in [1.54, 1.807) is 0 Å². The molecule has 0 aromatic heterocycles. The molecule has 0 aliphatic rings. The van der Waals surface area contributed by atoms with Gasteiger partial charge in [0.1, 0.15) is 6.04 Å². The van der Waals surface area contributed by atoms with E-state index in [0.29, 0.717) is 0 Å². The van der Waals surface area contributed by atoms with Gasteiger partial charge < -0.3 is 10.6 Å². The predicted molar refractivity (Wildman–Crippen MR) is 90.5 cm³/mol. The monoisotopic (exact) mass is 454 g/mol. The van der Waals surface area contributed by atoms with Crippen molar-refractivity contribution in [2.75, 3.05) is 5.32 Å². The van der Waals surface area contributed by atoms with Gasteiger partial charge in [-0.1, -0.05) is 15.9 Å². The molecule has 0 bridgehead atoms. The van der Waals surface area contributed by atoms with E-state index in [0.717, 1.165) is 19.1 Å². The van der Waals surface area contributed by atoms with Crippen molar-refractivity contribution < 1.29 is 4.79 Å². The summed E-state index contributed by atoms with van der Waals surface area (Å²) >= 11 is 10.4. The van der Waals surface area contributed by atoms with Gasteiger partial charge in [-0.3, -0.25) is 4.79 Å². The summed E-state index contributed by atoms with van der Waals surface area (Å²) in [7, 11) is 0. The number of carbonyl (C=O) groups is 1. The summed E-state index contributed by atoms with van der Waals surface area (Å²) in [6.45, 7) is 7.72. The van der Waals surface area contributed by atoms with Gasteiger partial charge in [0.2, 0.25) is 5.91 Å². The lowest BCUT2D eigenvalue weighted by atomic mass is 10.1. The number of hydrogen-bond donors (Lipinski definition) is 2. The van der Waals surface area contributed by atoms with Gasteiger partial charge in [0, 0.05) is 19.0 Å². The van der Waals surface area contributed by atoms with E-state index >= 15 is 0 Å². The molecule has 0 heterocycles. The molecule has 2 N–H and O–H groups in total. The molecule has 19 heavy (non-hydrogen) atoms. The molecule has 0 aliphatic heterocycles. The van der Waals surface area contributed by atoms with Crippen LogP contribution in [0.15, 0.2) is 25.6 Å². The fourth-order valence-electron chi connectivity index (χ4n) is 1.44. The summed E-state index contributed by atoms with van der Waals surface area (Å²) < 4.78 is 2.75. The molecule has 1 atom stereocenters. The predicted octanol–water partition coefficient (Wildman–Crippen LogP) is 4.69. The fraction of sp³-hybridized carbons (Fsp3) is 0.462. The van der Waals surface area contributed by atoms with Gasteiger partial charge in [-0.2, -0.15) is 0 Å². The highest BCUT2D eigenvalue weighted by molar-refractivity contribution is 9.11. The van der Waals surface area contributed by atoms with Crippen LogP contribution >= 0.6 is 47.8 Å². The lowest BCUT2D eigenvalue weighted by Gasteiger charge is -2.24. The Balaban J connectivity index is 2.83. The van der Waals surface area contributed by atoms with E-state index in [9.17, 15) is 4.79 Å². The van der Waals surface area contributed by atoms with E-state index < -0.39 is 0 Å². The Hall–Kier alpha value is -0.0700. The smallest absolute Gasteiger partial charge is 0.242 e. The fourth-order valence-corrected chi connectivity index (χ4v) is 3.93. The van der Waals surface area contributed by atoms with Gasteiger partial charge in [0.25, 0.3) is 0 Å². The summed E-state index contributed by atoms with van der Waals surface area (Å²) in [6.07, 6.45) is 0. The normalized spacial score (nSPS) is 13.0. The average molecular weight is 457 g/mol. The molecule has 1 unspecified atom stereocenters. The lowest BCUT2D eigenvalue weighted by molar-refractivity contribution is -0.122. The van der Waals surface area contributed by atoms with Crippen LogP contribution in [0.4, 0.5) is 5.69 Å². The third kappa shape index (κ3) is 5.44. The summed E-state index contributed by atoms with van der Waals surface area (Å²) in [5.74, 6) is -0.0331. The van der Waals surface area contributed by atoms with E-state index in [1.807, 2.05) is 39.8 Å². The van der Waals surface area contributed by atoms with Gasteiger partial charge in [-0.15, -0.1) is 0 Å². The molecule has 1 aromatic carbocycles. The van der Waals surface area contributed by atoms with Crippen molar-refractivity contribution in [1.29, 1.82) is 0 Å². The summed E-state index contributed by atoms with van der Waals surface area (Å²) in [5, 5.41) is 6.15. The molecule has 0 saturated carbocycles. The van der Waals surface area contributed by atoms with Gasteiger partial charge in [0.05, 0.1) is 5.69 Å². The van der Waals surface area contributed by atoms with Gasteiger partial charge >= 0.3 is 0 Å². The van der Waals surface area contributed by atoms with Crippen molar-refractivity contribution in [3.63, 3.8) is 0 Å². The third-order valence-corrected chi connectivity index (χ3v) is 3.97. The Morgan fingerprint density at radius 3 is 2.05 bits per heavy atom. The zero-order chi connectivity index (χ0) is 14.8. The molecule has 1 amide bonds. The highest BCUT2D eigenvalue weighted by Gasteiger charge is 2.20. The van der Waals surface area contributed by atoms with Crippen LogP contribution in [0.2, 0.25) is 0 Å². The van der Waals surface area contributed by atoms with Crippen molar-refractivity contribution in [1.82, 2.24) is 5.32 Å². The molecule has 1 aromatic rings. The van der Waals surface area contributed by atoms with Crippen molar-refractivity contribution in [3.05, 3.63) is 25.6 Å². The van der Waals surface area contributed by atoms with Gasteiger partial charge in [-0.25, -0.2) is 0 Å². The van der Waals surface area contributed by atoms with E-state index in [2.05, 4.69) is 58.4 Å². The Labute approximate surface area is 139 Å². The third-order valence-electron chi connectivity index (χ3n) is 2.26. The number of halogens is 3. The molecule has 106 valence electrons. The highest BCUT2D eigenvalue weighted by Crippen LogP contribution is 2.34. The molecule has 0 fully saturated rings. The van der Waals surface area contributed by atoms with Crippen LogP contribution in [0, 0.1) is 0 Å². The Kier molecular flexibility index (Phi) is 5.89. The average Bonchev–Trinajstić information content (AvgIpc) is 2.20. The van der Waals surface area contributed by atoms with Crippen LogP contribution in [-0.4, -0.2) is 17.5 Å². The number of hydrogen-bond acceptors (Lipinski definition) is 2. The van der Waals surface area contributed by atoms with Gasteiger partial charge in [-0.05, 0) is 71.7 Å². The molecule has 3 nitrogen and oxygen atoms in total. The first kappa shape index (κ1) is 17.0. The molecule has 1 rings (SSSR count). The van der Waals surface area contributed by atoms with E-state index in [4.69, 9.17) is 0 Å². The summed E-state index contributed by atoms with van der Waals surface area (Å²) in [6, 6.07) is 3.54. The SMILES string of the molecule is CC(Nc1c(Br)cc(Br)cc1Br)C(=O)NC(C)(C)C. The van der Waals surface area contributed by atoms with Crippen LogP contribution in [0.5, 0.6) is 0 Å². The molecule has 0 spiro atoms. The molecular weight excluding hydrogens is 440 g/mol. The zero-order valence-electron chi connectivity index (χ0n) is 11.3. The Bertz CT molecular complexity index is 460. The van der Waals surface area contributed by atoms with Crippen molar-refractivity contribution in [3.8, 4) is 0 Å². The van der Waals surface area contributed by atoms with Crippen molar-refractivity contribution in [2.24, 2.45) is 0 Å². The molecule has 0 radical (unpaired) electrons. The lowest BCUT2D eigenvalue weighted by Crippen LogP contribution is -2.47. The number of nitrogens with one attached hydrogen (secondary N) is 2. The Morgan fingerprint density at radius 1 is 1.16 bits per heavy atom. The Morgan fingerprint density at radius 2 is 1.63 bits per heavy atom. The van der Waals surface area contributed by atoms with Gasteiger partial charge in [0.15, 0.2) is 0 Å². The topological polar surface area (TPSA) is 41.1 Å². The quantitative estimate of drug-likeness (QED) is 0.692. The maximum absolute atomic E-state index is 12.0. The summed E-state index contributed by atoms with van der Waals surface area (Å²) in [4.78, 5) is 12.0. The minimum Gasteiger partial charge on any atom is -0.372 e. The minimum atomic E-state index is -0.326. The van der Waals surface area contributed by atoms with E-state index in [1.165, 1.54) is 0 Å². The number of carbonyl (C=O) groups excluding carboxylic acids is 1. The first-order chi connectivity index (χ1) is 8.60. The second-order valence-corrected chi connectivity index (χ2v) is 7.97. The van der Waals surface area contributed by atoms with Crippen LogP contribution in [0.3, 0.4) is 0 Å². The number of amides is 1. The second kappa shape index (κ2) is 6.59. The first-order valence-electron chi connectivity index (χ1n) is 5.83. The molecule has 6 heteroatoms. The van der Waals surface area contributed by atoms with E-state index in [-0.39, 0.29) is 17.5 Å². The molecule has 0 saturated heterocycles. The standard InChI is InChI=1S/C13H17Br3N2O/c1-7(12(19)18-13(2,3)4)17-11-9(15)5-8(14)6-10(11)16/h5-7,17H,1-4H3,(H,18,19). The summed E-state index contributed by atoms with van der Waals surface area (Å²) in [5.41, 5.74) is 0.626. The van der Waals surface area contributed by atoms with Crippen molar-refractivity contribution >= 4 is 59.4 Å². The number of benzene rings is 1. The number of rotatable bonds is 3. The number of anilines is 1. The largest absolute Gasteiger partial charge is 0.372 e. The van der Waals surface area contributed by atoms with Crippen LogP contribution in [-0.2, 0) is 4.79 Å². The van der Waals surface area contributed by atoms with Crippen LogP contribution in [0.1, 0.15) is 27.7 Å². The molecule has 0 aliphatic carbocycles. The van der Waals surface area contributed by atoms with Crippen LogP contribution < -0.4 is 10.6 Å². The zero-order valence-corrected chi connectivity index (χ0v) is 16.0. The first-order valence-corrected chi connectivity index (χ1v) is 8.21. The highest BCUT2D eigenvalue weighted by atomic mass is 79.9. The maximum Gasteiger partial charge on any atom is 0.242 e. The van der Waals surface area contributed by atoms with Crippen molar-refractivity contribution in [2.45, 2.75) is 39.3 Å². The second-order valence-electron chi connectivity index (χ2n) is 5.35. The van der Waals surface area contributed by atoms with Crippen LogP contribution in [0.25, 0.3) is 0 Å².